The van der Waals surface area contributed by atoms with Crippen LogP contribution in [0.15, 0.2) is 36.7 Å². The van der Waals surface area contributed by atoms with Crippen LogP contribution in [0.4, 0.5) is 5.69 Å². The van der Waals surface area contributed by atoms with E-state index in [-0.39, 0.29) is 0 Å². The van der Waals surface area contributed by atoms with Gasteiger partial charge in [0, 0.05) is 5.02 Å². The molecular weight excluding hydrogens is 224 g/mol. The molecule has 0 aliphatic carbocycles. The first-order chi connectivity index (χ1) is 7.58. The van der Waals surface area contributed by atoms with E-state index in [4.69, 9.17) is 16.3 Å². The fourth-order valence-corrected chi connectivity index (χ4v) is 1.10. The van der Waals surface area contributed by atoms with Crippen molar-refractivity contribution in [2.45, 2.75) is 13.8 Å². The molecule has 88 valence electrons. The maximum atomic E-state index is 5.77. The number of rotatable bonds is 6. The van der Waals surface area contributed by atoms with E-state index in [0.717, 1.165) is 5.69 Å². The molecule has 1 aromatic rings. The molecule has 0 heterocycles. The summed E-state index contributed by atoms with van der Waals surface area (Å²) in [5, 5.41) is 0.709. The van der Waals surface area contributed by atoms with Crippen molar-refractivity contribution in [2.75, 3.05) is 12.0 Å². The molecule has 0 aliphatic heterocycles. The van der Waals surface area contributed by atoms with Crippen molar-refractivity contribution in [3.63, 3.8) is 0 Å². The summed E-state index contributed by atoms with van der Waals surface area (Å²) < 4.78 is 5.35. The lowest BCUT2D eigenvalue weighted by Crippen LogP contribution is -2.22. The molecule has 1 aromatic carbocycles. The van der Waals surface area contributed by atoms with E-state index in [1.54, 1.807) is 0 Å². The van der Waals surface area contributed by atoms with Crippen molar-refractivity contribution in [3.8, 4) is 0 Å². The van der Waals surface area contributed by atoms with Gasteiger partial charge in [-0.3, -0.25) is 10.9 Å². The van der Waals surface area contributed by atoms with Gasteiger partial charge in [0.25, 0.3) is 0 Å². The number of anilines is 1. The largest absolute Gasteiger partial charge is 0.478 e. The minimum absolute atomic E-state index is 0.481. The van der Waals surface area contributed by atoms with E-state index in [0.29, 0.717) is 23.4 Å². The van der Waals surface area contributed by atoms with Crippen LogP contribution in [-0.4, -0.2) is 6.61 Å². The van der Waals surface area contributed by atoms with Gasteiger partial charge in [0.2, 0.25) is 0 Å². The lowest BCUT2D eigenvalue weighted by molar-refractivity contribution is 0.166. The highest BCUT2D eigenvalue weighted by atomic mass is 35.5. The number of hydrogen-bond donors (Lipinski definition) is 2. The zero-order valence-electron chi connectivity index (χ0n) is 9.59. The molecule has 0 amide bonds. The Bertz CT molecular complexity index is 335. The monoisotopic (exact) mass is 240 g/mol. The molecule has 0 spiro atoms. The van der Waals surface area contributed by atoms with Gasteiger partial charge in [-0.1, -0.05) is 25.4 Å². The summed E-state index contributed by atoms with van der Waals surface area (Å²) in [4.78, 5) is 0. The first kappa shape index (κ1) is 12.7. The van der Waals surface area contributed by atoms with E-state index in [1.807, 2.05) is 24.3 Å². The molecule has 2 N–H and O–H groups in total. The third-order valence-electron chi connectivity index (χ3n) is 1.78. The van der Waals surface area contributed by atoms with Crippen LogP contribution in [0, 0.1) is 5.92 Å². The predicted molar refractivity (Wildman–Crippen MR) is 68.1 cm³/mol. The zero-order valence-corrected chi connectivity index (χ0v) is 10.3. The minimum Gasteiger partial charge on any atom is -0.478 e. The fourth-order valence-electron chi connectivity index (χ4n) is 0.978. The maximum absolute atomic E-state index is 5.77. The van der Waals surface area contributed by atoms with Crippen LogP contribution in [0.1, 0.15) is 13.8 Å². The topological polar surface area (TPSA) is 33.3 Å². The van der Waals surface area contributed by atoms with E-state index >= 15 is 0 Å². The predicted octanol–water partition coefficient (Wildman–Crippen LogP) is 3.40. The first-order valence-electron chi connectivity index (χ1n) is 5.17. The van der Waals surface area contributed by atoms with E-state index in [2.05, 4.69) is 31.3 Å². The lowest BCUT2D eigenvalue weighted by atomic mass is 10.2. The molecule has 0 fully saturated rings. The van der Waals surface area contributed by atoms with Gasteiger partial charge in [-0.15, -0.1) is 0 Å². The molecule has 0 aliphatic rings. The van der Waals surface area contributed by atoms with Crippen molar-refractivity contribution >= 4 is 17.3 Å². The molecule has 0 bridgehead atoms. The standard InChI is InChI=1S/C12H17ClN2O/c1-9(2)8-16-10(3)14-15-12-6-4-11(13)5-7-12/h4-7,9,14-15H,3,8H2,1-2H3. The van der Waals surface area contributed by atoms with Crippen molar-refractivity contribution < 1.29 is 4.74 Å². The molecule has 0 saturated heterocycles. The summed E-state index contributed by atoms with van der Waals surface area (Å²) in [7, 11) is 0. The van der Waals surface area contributed by atoms with Crippen LogP contribution in [0.3, 0.4) is 0 Å². The van der Waals surface area contributed by atoms with Gasteiger partial charge in [-0.2, -0.15) is 0 Å². The molecule has 4 heteroatoms. The fraction of sp³-hybridized carbons (Fsp3) is 0.333. The highest BCUT2D eigenvalue weighted by molar-refractivity contribution is 6.30. The summed E-state index contributed by atoms with van der Waals surface area (Å²) in [6.07, 6.45) is 0. The molecule has 1 rings (SSSR count). The summed E-state index contributed by atoms with van der Waals surface area (Å²) in [6, 6.07) is 7.35. The second-order valence-electron chi connectivity index (χ2n) is 3.88. The average Bonchev–Trinajstić information content (AvgIpc) is 2.25. The highest BCUT2D eigenvalue weighted by Gasteiger charge is 1.97. The Morgan fingerprint density at radius 3 is 2.56 bits per heavy atom. The van der Waals surface area contributed by atoms with Gasteiger partial charge in [0.15, 0.2) is 5.88 Å². The lowest BCUT2D eigenvalue weighted by Gasteiger charge is -2.14. The van der Waals surface area contributed by atoms with Crippen LogP contribution in [0.5, 0.6) is 0 Å². The maximum Gasteiger partial charge on any atom is 0.198 e. The molecule has 0 aromatic heterocycles. The van der Waals surface area contributed by atoms with Crippen LogP contribution in [0.25, 0.3) is 0 Å². The Labute approximate surface area is 101 Å². The molecule has 0 saturated carbocycles. The average molecular weight is 241 g/mol. The van der Waals surface area contributed by atoms with Crippen molar-refractivity contribution in [2.24, 2.45) is 5.92 Å². The Morgan fingerprint density at radius 2 is 2.00 bits per heavy atom. The third kappa shape index (κ3) is 4.94. The van der Waals surface area contributed by atoms with E-state index in [9.17, 15) is 0 Å². The Hall–Kier alpha value is -1.35. The summed E-state index contributed by atoms with van der Waals surface area (Å²) >= 11 is 5.77. The van der Waals surface area contributed by atoms with Gasteiger partial charge >= 0.3 is 0 Å². The number of nitrogens with one attached hydrogen (secondary N) is 2. The van der Waals surface area contributed by atoms with Gasteiger partial charge in [0.1, 0.15) is 0 Å². The Balaban J connectivity index is 2.29. The van der Waals surface area contributed by atoms with E-state index < -0.39 is 0 Å². The molecule has 16 heavy (non-hydrogen) atoms. The number of hydrazine groups is 1. The quantitative estimate of drug-likeness (QED) is 0.591. The number of ether oxygens (including phenoxy) is 1. The van der Waals surface area contributed by atoms with Crippen LogP contribution < -0.4 is 10.9 Å². The van der Waals surface area contributed by atoms with Crippen LogP contribution >= 0.6 is 11.6 Å². The normalized spacial score (nSPS) is 10.0. The van der Waals surface area contributed by atoms with E-state index in [1.165, 1.54) is 0 Å². The number of halogens is 1. The SMILES string of the molecule is C=C(NNc1ccc(Cl)cc1)OCC(C)C. The van der Waals surface area contributed by atoms with Crippen molar-refractivity contribution in [1.82, 2.24) is 5.43 Å². The number of benzene rings is 1. The molecule has 3 nitrogen and oxygen atoms in total. The second-order valence-corrected chi connectivity index (χ2v) is 4.32. The summed E-state index contributed by atoms with van der Waals surface area (Å²) in [5.74, 6) is 0.984. The molecular formula is C12H17ClN2O. The van der Waals surface area contributed by atoms with Gasteiger partial charge in [-0.05, 0) is 36.8 Å². The van der Waals surface area contributed by atoms with Crippen LogP contribution in [-0.2, 0) is 4.74 Å². The molecule has 0 radical (unpaired) electrons. The van der Waals surface area contributed by atoms with Crippen LogP contribution in [0.2, 0.25) is 5.02 Å². The second kappa shape index (κ2) is 6.28. The van der Waals surface area contributed by atoms with Crippen molar-refractivity contribution in [1.29, 1.82) is 0 Å². The van der Waals surface area contributed by atoms with Gasteiger partial charge in [-0.25, -0.2) is 0 Å². The molecule has 0 atom stereocenters. The Kier molecular flexibility index (Phi) is 4.99. The highest BCUT2D eigenvalue weighted by Crippen LogP contribution is 2.12. The molecule has 0 unspecified atom stereocenters. The summed E-state index contributed by atoms with van der Waals surface area (Å²) in [6.45, 7) is 8.55. The van der Waals surface area contributed by atoms with Gasteiger partial charge in [0.05, 0.1) is 12.3 Å². The smallest absolute Gasteiger partial charge is 0.198 e. The summed E-state index contributed by atoms with van der Waals surface area (Å²) in [5.41, 5.74) is 6.73. The number of hydrogen-bond acceptors (Lipinski definition) is 3. The Morgan fingerprint density at radius 1 is 1.38 bits per heavy atom. The van der Waals surface area contributed by atoms with Crippen molar-refractivity contribution in [3.05, 3.63) is 41.8 Å². The van der Waals surface area contributed by atoms with Gasteiger partial charge < -0.3 is 4.74 Å². The first-order valence-corrected chi connectivity index (χ1v) is 5.55. The minimum atomic E-state index is 0.481. The third-order valence-corrected chi connectivity index (χ3v) is 2.03. The zero-order chi connectivity index (χ0) is 12.0.